The monoisotopic (exact) mass is 261 g/mol. The third-order valence-corrected chi connectivity index (χ3v) is 4.61. The molecule has 0 saturated heterocycles. The average molecular weight is 261 g/mol. The Hall–Kier alpha value is -2.34. The molecule has 0 spiro atoms. The van der Waals surface area contributed by atoms with Crippen LogP contribution in [0.2, 0.25) is 0 Å². The minimum Gasteiger partial charge on any atom is -0.370 e. The summed E-state index contributed by atoms with van der Waals surface area (Å²) in [6.45, 7) is 0.975. The van der Waals surface area contributed by atoms with Crippen molar-refractivity contribution >= 4 is 5.82 Å². The van der Waals surface area contributed by atoms with E-state index in [1.807, 2.05) is 6.07 Å². The summed E-state index contributed by atoms with van der Waals surface area (Å²) in [5.41, 5.74) is 3.69. The van der Waals surface area contributed by atoms with Crippen LogP contribution in [0.5, 0.6) is 0 Å². The van der Waals surface area contributed by atoms with Crippen LogP contribution >= 0.6 is 0 Å². The second kappa shape index (κ2) is 4.35. The molecule has 4 rings (SSSR count). The van der Waals surface area contributed by atoms with Crippen LogP contribution in [-0.4, -0.2) is 11.5 Å². The van der Waals surface area contributed by atoms with Crippen molar-refractivity contribution in [2.45, 2.75) is 12.3 Å². The highest BCUT2D eigenvalue weighted by Gasteiger charge is 2.54. The summed E-state index contributed by atoms with van der Waals surface area (Å²) < 4.78 is 0. The lowest BCUT2D eigenvalue weighted by atomic mass is 10.0. The van der Waals surface area contributed by atoms with Crippen LogP contribution in [0.4, 0.5) is 5.82 Å². The summed E-state index contributed by atoms with van der Waals surface area (Å²) in [7, 11) is 0. The summed E-state index contributed by atoms with van der Waals surface area (Å²) >= 11 is 0. The van der Waals surface area contributed by atoms with E-state index in [2.05, 4.69) is 40.6 Å². The van der Waals surface area contributed by atoms with E-state index in [0.29, 0.717) is 5.56 Å². The number of nitrogens with zero attached hydrogens (tertiary/aromatic N) is 2. The Morgan fingerprint density at radius 1 is 1.25 bits per heavy atom. The second-order valence-corrected chi connectivity index (χ2v) is 5.68. The summed E-state index contributed by atoms with van der Waals surface area (Å²) in [4.78, 5) is 4.25. The summed E-state index contributed by atoms with van der Waals surface area (Å²) in [6.07, 6.45) is 2.85. The van der Waals surface area contributed by atoms with Gasteiger partial charge in [-0.3, -0.25) is 0 Å². The zero-order valence-electron chi connectivity index (χ0n) is 11.1. The number of fused-ring (bicyclic) bond motifs is 3. The second-order valence-electron chi connectivity index (χ2n) is 5.68. The molecule has 1 fully saturated rings. The van der Waals surface area contributed by atoms with Gasteiger partial charge in [0.15, 0.2) is 0 Å². The minimum absolute atomic E-state index is 0.604. The van der Waals surface area contributed by atoms with Gasteiger partial charge in [-0.05, 0) is 47.4 Å². The molecular formula is C17H15N3. The van der Waals surface area contributed by atoms with Crippen LogP contribution in [0, 0.1) is 23.2 Å². The topological polar surface area (TPSA) is 48.7 Å². The highest BCUT2D eigenvalue weighted by atomic mass is 15.0. The first-order chi connectivity index (χ1) is 9.86. The lowest BCUT2D eigenvalue weighted by Crippen LogP contribution is -2.09. The summed E-state index contributed by atoms with van der Waals surface area (Å²) in [5.74, 6) is 3.17. The summed E-state index contributed by atoms with van der Waals surface area (Å²) in [5, 5.41) is 12.1. The molecular weight excluding hydrogens is 246 g/mol. The van der Waals surface area contributed by atoms with Crippen LogP contribution in [0.3, 0.4) is 0 Å². The first-order valence-corrected chi connectivity index (χ1v) is 7.04. The molecule has 2 aliphatic rings. The zero-order valence-corrected chi connectivity index (χ0v) is 11.1. The van der Waals surface area contributed by atoms with Crippen molar-refractivity contribution in [2.24, 2.45) is 11.8 Å². The fourth-order valence-electron chi connectivity index (χ4n) is 3.55. The van der Waals surface area contributed by atoms with E-state index >= 15 is 0 Å². The van der Waals surface area contributed by atoms with Gasteiger partial charge in [-0.2, -0.15) is 5.26 Å². The van der Waals surface area contributed by atoms with Crippen molar-refractivity contribution in [1.82, 2.24) is 4.98 Å². The van der Waals surface area contributed by atoms with Crippen molar-refractivity contribution < 1.29 is 0 Å². The zero-order chi connectivity index (χ0) is 13.5. The van der Waals surface area contributed by atoms with Crippen molar-refractivity contribution in [3.8, 4) is 6.07 Å². The van der Waals surface area contributed by atoms with Gasteiger partial charge in [0.1, 0.15) is 11.9 Å². The third kappa shape index (κ3) is 1.77. The Morgan fingerprint density at radius 2 is 2.15 bits per heavy atom. The predicted octanol–water partition coefficient (Wildman–Crippen LogP) is 2.95. The van der Waals surface area contributed by atoms with Gasteiger partial charge in [0, 0.05) is 12.7 Å². The van der Waals surface area contributed by atoms with Gasteiger partial charge in [0.05, 0.1) is 5.56 Å². The standard InChI is InChI=1S/C17H15N3/c18-8-11-5-6-16(19-9-11)20-10-15-14-7-12-3-1-2-4-13(12)17(14)15/h1-6,9,14-15,17H,7,10H2,(H,19,20). The number of aromatic nitrogens is 1. The van der Waals surface area contributed by atoms with Crippen LogP contribution < -0.4 is 5.32 Å². The Labute approximate surface area is 118 Å². The van der Waals surface area contributed by atoms with Gasteiger partial charge in [0.25, 0.3) is 0 Å². The van der Waals surface area contributed by atoms with E-state index in [0.717, 1.165) is 30.1 Å². The van der Waals surface area contributed by atoms with Gasteiger partial charge in [-0.25, -0.2) is 4.98 Å². The highest BCUT2D eigenvalue weighted by molar-refractivity contribution is 5.45. The quantitative estimate of drug-likeness (QED) is 0.924. The average Bonchev–Trinajstić information content (AvgIpc) is 3.04. The van der Waals surface area contributed by atoms with Crippen molar-refractivity contribution in [1.29, 1.82) is 5.26 Å². The van der Waals surface area contributed by atoms with Crippen molar-refractivity contribution in [3.05, 3.63) is 59.3 Å². The van der Waals surface area contributed by atoms with Gasteiger partial charge in [-0.1, -0.05) is 24.3 Å². The van der Waals surface area contributed by atoms with Crippen LogP contribution in [0.1, 0.15) is 22.6 Å². The fraction of sp³-hybridized carbons (Fsp3) is 0.294. The smallest absolute Gasteiger partial charge is 0.125 e. The molecule has 1 saturated carbocycles. The molecule has 2 aromatic rings. The Balaban J connectivity index is 1.40. The van der Waals surface area contributed by atoms with E-state index in [-0.39, 0.29) is 0 Å². The number of anilines is 1. The Kier molecular flexibility index (Phi) is 2.50. The molecule has 3 nitrogen and oxygen atoms in total. The number of benzene rings is 1. The molecule has 1 aromatic heterocycles. The molecule has 0 bridgehead atoms. The number of hydrogen-bond donors (Lipinski definition) is 1. The minimum atomic E-state index is 0.604. The molecule has 0 amide bonds. The maximum atomic E-state index is 8.75. The van der Waals surface area contributed by atoms with Crippen molar-refractivity contribution in [3.63, 3.8) is 0 Å². The predicted molar refractivity (Wildman–Crippen MR) is 77.3 cm³/mol. The molecule has 0 radical (unpaired) electrons. The number of nitrogens with one attached hydrogen (secondary N) is 1. The molecule has 20 heavy (non-hydrogen) atoms. The molecule has 3 heteroatoms. The van der Waals surface area contributed by atoms with Crippen LogP contribution in [-0.2, 0) is 6.42 Å². The highest BCUT2D eigenvalue weighted by Crippen LogP contribution is 2.61. The fourth-order valence-corrected chi connectivity index (χ4v) is 3.55. The SMILES string of the molecule is N#Cc1ccc(NCC2C3Cc4ccccc4C23)nc1. The molecule has 3 atom stereocenters. The van der Waals surface area contributed by atoms with Gasteiger partial charge in [-0.15, -0.1) is 0 Å². The Morgan fingerprint density at radius 3 is 2.95 bits per heavy atom. The first kappa shape index (κ1) is 11.5. The molecule has 2 aliphatic carbocycles. The van der Waals surface area contributed by atoms with E-state index in [4.69, 9.17) is 5.26 Å². The number of rotatable bonds is 3. The maximum absolute atomic E-state index is 8.75. The van der Waals surface area contributed by atoms with Gasteiger partial charge in [0.2, 0.25) is 0 Å². The molecule has 3 unspecified atom stereocenters. The third-order valence-electron chi connectivity index (χ3n) is 4.61. The van der Waals surface area contributed by atoms with E-state index in [9.17, 15) is 0 Å². The number of nitriles is 1. The lowest BCUT2D eigenvalue weighted by molar-refractivity contribution is 0.718. The molecule has 1 heterocycles. The maximum Gasteiger partial charge on any atom is 0.125 e. The van der Waals surface area contributed by atoms with Crippen LogP contribution in [0.15, 0.2) is 42.6 Å². The van der Waals surface area contributed by atoms with E-state index in [1.165, 1.54) is 12.0 Å². The van der Waals surface area contributed by atoms with Crippen molar-refractivity contribution in [2.75, 3.05) is 11.9 Å². The largest absolute Gasteiger partial charge is 0.370 e. The molecule has 1 aromatic carbocycles. The number of pyridine rings is 1. The lowest BCUT2D eigenvalue weighted by Gasteiger charge is -2.09. The number of hydrogen-bond acceptors (Lipinski definition) is 3. The normalized spacial score (nSPS) is 25.4. The molecule has 0 aliphatic heterocycles. The summed E-state index contributed by atoms with van der Waals surface area (Å²) in [6, 6.07) is 14.6. The van der Waals surface area contributed by atoms with Gasteiger partial charge >= 0.3 is 0 Å². The Bertz CT molecular complexity index is 684. The molecule has 1 N–H and O–H groups in total. The van der Waals surface area contributed by atoms with E-state index in [1.54, 1.807) is 17.8 Å². The van der Waals surface area contributed by atoms with E-state index < -0.39 is 0 Å². The molecule has 98 valence electrons. The van der Waals surface area contributed by atoms with Crippen LogP contribution in [0.25, 0.3) is 0 Å². The van der Waals surface area contributed by atoms with Gasteiger partial charge < -0.3 is 5.32 Å². The first-order valence-electron chi connectivity index (χ1n) is 7.04.